The molecule has 5 heteroatoms. The van der Waals surface area contributed by atoms with E-state index in [0.29, 0.717) is 34.0 Å². The number of ether oxygens (including phenoxy) is 1. The van der Waals surface area contributed by atoms with Crippen molar-refractivity contribution in [2.45, 2.75) is 0 Å². The van der Waals surface area contributed by atoms with Crippen molar-refractivity contribution < 1.29 is 4.74 Å². The molecule has 0 aliphatic carbocycles. The van der Waals surface area contributed by atoms with Gasteiger partial charge in [-0.25, -0.2) is 0 Å². The third-order valence-electron chi connectivity index (χ3n) is 2.39. The van der Waals surface area contributed by atoms with Crippen LogP contribution in [0, 0.1) is 0 Å². The molecule has 0 aliphatic rings. The van der Waals surface area contributed by atoms with Crippen LogP contribution in [0.15, 0.2) is 42.5 Å². The molecule has 0 unspecified atom stereocenters. The second-order valence-electron chi connectivity index (χ2n) is 3.86. The van der Waals surface area contributed by atoms with Crippen molar-refractivity contribution in [2.75, 3.05) is 18.5 Å². The van der Waals surface area contributed by atoms with Crippen LogP contribution in [0.5, 0.6) is 5.75 Å². The Morgan fingerprint density at radius 2 is 1.63 bits per heavy atom. The molecule has 1 N–H and O–H groups in total. The number of hydrogen-bond acceptors (Lipinski definition) is 2. The molecule has 2 nitrogen and oxygen atoms in total. The van der Waals surface area contributed by atoms with Crippen molar-refractivity contribution in [2.24, 2.45) is 0 Å². The fourth-order valence-electron chi connectivity index (χ4n) is 1.57. The molecule has 0 heterocycles. The van der Waals surface area contributed by atoms with Gasteiger partial charge in [-0.05, 0) is 30.3 Å². The van der Waals surface area contributed by atoms with Gasteiger partial charge in [0.1, 0.15) is 12.4 Å². The zero-order valence-electron chi connectivity index (χ0n) is 10.00. The van der Waals surface area contributed by atoms with E-state index >= 15 is 0 Å². The summed E-state index contributed by atoms with van der Waals surface area (Å²) in [6, 6.07) is 12.7. The van der Waals surface area contributed by atoms with Crippen molar-refractivity contribution in [3.63, 3.8) is 0 Å². The Morgan fingerprint density at radius 1 is 0.947 bits per heavy atom. The summed E-state index contributed by atoms with van der Waals surface area (Å²) in [4.78, 5) is 0. The first-order chi connectivity index (χ1) is 9.15. The summed E-state index contributed by atoms with van der Waals surface area (Å²) >= 11 is 17.8. The van der Waals surface area contributed by atoms with Crippen molar-refractivity contribution in [1.82, 2.24) is 0 Å². The van der Waals surface area contributed by atoms with Crippen LogP contribution in [0.25, 0.3) is 0 Å². The first-order valence-electron chi connectivity index (χ1n) is 5.72. The van der Waals surface area contributed by atoms with Gasteiger partial charge in [-0.1, -0.05) is 46.9 Å². The highest BCUT2D eigenvalue weighted by Gasteiger charge is 2.00. The Balaban J connectivity index is 1.82. The van der Waals surface area contributed by atoms with E-state index in [1.807, 2.05) is 30.3 Å². The van der Waals surface area contributed by atoms with Crippen LogP contribution in [-0.2, 0) is 0 Å². The summed E-state index contributed by atoms with van der Waals surface area (Å²) in [7, 11) is 0. The first-order valence-corrected chi connectivity index (χ1v) is 6.86. The third-order valence-corrected chi connectivity index (χ3v) is 3.14. The minimum Gasteiger partial charge on any atom is -0.490 e. The SMILES string of the molecule is Clc1cc(Cl)cc(NCCOc2ccccc2Cl)c1. The van der Waals surface area contributed by atoms with Gasteiger partial charge in [-0.2, -0.15) is 0 Å². The minimum absolute atomic E-state index is 0.494. The topological polar surface area (TPSA) is 21.3 Å². The molecule has 0 amide bonds. The lowest BCUT2D eigenvalue weighted by molar-refractivity contribution is 0.333. The Labute approximate surface area is 127 Å². The molecule has 19 heavy (non-hydrogen) atoms. The van der Waals surface area contributed by atoms with Crippen molar-refractivity contribution in [3.8, 4) is 5.75 Å². The average molecular weight is 317 g/mol. The lowest BCUT2D eigenvalue weighted by Gasteiger charge is -2.10. The first kappa shape index (κ1) is 14.3. The van der Waals surface area contributed by atoms with Crippen molar-refractivity contribution >= 4 is 40.5 Å². The maximum Gasteiger partial charge on any atom is 0.137 e. The Morgan fingerprint density at radius 3 is 2.32 bits per heavy atom. The number of benzene rings is 2. The van der Waals surface area contributed by atoms with E-state index < -0.39 is 0 Å². The third kappa shape index (κ3) is 4.50. The average Bonchev–Trinajstić information content (AvgIpc) is 2.35. The molecule has 0 fully saturated rings. The van der Waals surface area contributed by atoms with Crippen LogP contribution < -0.4 is 10.1 Å². The van der Waals surface area contributed by atoms with Gasteiger partial charge in [0.15, 0.2) is 0 Å². The highest BCUT2D eigenvalue weighted by molar-refractivity contribution is 6.35. The Kier molecular flexibility index (Phi) is 5.20. The molecular formula is C14H12Cl3NO. The molecule has 0 saturated heterocycles. The zero-order chi connectivity index (χ0) is 13.7. The summed E-state index contributed by atoms with van der Waals surface area (Å²) in [5.41, 5.74) is 0.861. The van der Waals surface area contributed by atoms with Crippen molar-refractivity contribution in [3.05, 3.63) is 57.5 Å². The largest absolute Gasteiger partial charge is 0.490 e. The fourth-order valence-corrected chi connectivity index (χ4v) is 2.29. The molecule has 0 aliphatic heterocycles. The number of para-hydroxylation sites is 1. The lowest BCUT2D eigenvalue weighted by atomic mass is 10.3. The fraction of sp³-hybridized carbons (Fsp3) is 0.143. The van der Waals surface area contributed by atoms with Crippen molar-refractivity contribution in [1.29, 1.82) is 0 Å². The molecule has 100 valence electrons. The number of anilines is 1. The highest BCUT2D eigenvalue weighted by atomic mass is 35.5. The summed E-state index contributed by atoms with van der Waals surface area (Å²) < 4.78 is 5.56. The molecular weight excluding hydrogens is 305 g/mol. The van der Waals surface area contributed by atoms with Gasteiger partial charge in [-0.15, -0.1) is 0 Å². The summed E-state index contributed by atoms with van der Waals surface area (Å²) in [5, 5.41) is 4.98. The van der Waals surface area contributed by atoms with Crippen LogP contribution >= 0.6 is 34.8 Å². The van der Waals surface area contributed by atoms with Gasteiger partial charge >= 0.3 is 0 Å². The number of nitrogens with one attached hydrogen (secondary N) is 1. The summed E-state index contributed by atoms with van der Waals surface area (Å²) in [6.45, 7) is 1.12. The lowest BCUT2D eigenvalue weighted by Crippen LogP contribution is -2.11. The molecule has 0 aromatic heterocycles. The van der Waals surface area contributed by atoms with Crippen LogP contribution in [0.1, 0.15) is 0 Å². The van der Waals surface area contributed by atoms with Gasteiger partial charge in [0, 0.05) is 22.3 Å². The van der Waals surface area contributed by atoms with Crippen LogP contribution in [0.2, 0.25) is 15.1 Å². The van der Waals surface area contributed by atoms with Gasteiger partial charge < -0.3 is 10.1 Å². The maximum absolute atomic E-state index is 5.98. The zero-order valence-corrected chi connectivity index (χ0v) is 12.3. The monoisotopic (exact) mass is 315 g/mol. The van der Waals surface area contributed by atoms with E-state index in [1.165, 1.54) is 0 Å². The molecule has 0 spiro atoms. The smallest absolute Gasteiger partial charge is 0.137 e. The van der Waals surface area contributed by atoms with E-state index in [9.17, 15) is 0 Å². The number of hydrogen-bond donors (Lipinski definition) is 1. The number of halogens is 3. The van der Waals surface area contributed by atoms with Crippen LogP contribution in [0.4, 0.5) is 5.69 Å². The summed E-state index contributed by atoms with van der Waals surface area (Å²) in [6.07, 6.45) is 0. The molecule has 0 bridgehead atoms. The molecule has 0 radical (unpaired) electrons. The highest BCUT2D eigenvalue weighted by Crippen LogP contribution is 2.24. The maximum atomic E-state index is 5.98. The molecule has 0 saturated carbocycles. The van der Waals surface area contributed by atoms with Gasteiger partial charge in [0.25, 0.3) is 0 Å². The predicted octanol–water partition coefficient (Wildman–Crippen LogP) is 5.14. The molecule has 2 aromatic rings. The van der Waals surface area contributed by atoms with E-state index in [4.69, 9.17) is 39.5 Å². The van der Waals surface area contributed by atoms with E-state index in [1.54, 1.807) is 12.1 Å². The second kappa shape index (κ2) is 6.90. The van der Waals surface area contributed by atoms with E-state index in [2.05, 4.69) is 5.32 Å². The summed E-state index contributed by atoms with van der Waals surface area (Å²) in [5.74, 6) is 0.676. The number of rotatable bonds is 5. The van der Waals surface area contributed by atoms with Crippen LogP contribution in [-0.4, -0.2) is 13.2 Å². The standard InChI is InChI=1S/C14H12Cl3NO/c15-10-7-11(16)9-12(8-10)18-5-6-19-14-4-2-1-3-13(14)17/h1-4,7-9,18H,5-6H2. The van der Waals surface area contributed by atoms with E-state index in [0.717, 1.165) is 5.69 Å². The second-order valence-corrected chi connectivity index (χ2v) is 5.14. The van der Waals surface area contributed by atoms with Gasteiger partial charge in [-0.3, -0.25) is 0 Å². The molecule has 0 atom stereocenters. The Bertz CT molecular complexity index is 540. The molecule has 2 aromatic carbocycles. The van der Waals surface area contributed by atoms with Gasteiger partial charge in [0.2, 0.25) is 0 Å². The minimum atomic E-state index is 0.494. The predicted molar refractivity (Wildman–Crippen MR) is 81.9 cm³/mol. The quantitative estimate of drug-likeness (QED) is 0.771. The Hall–Kier alpha value is -1.09. The van der Waals surface area contributed by atoms with Gasteiger partial charge in [0.05, 0.1) is 5.02 Å². The van der Waals surface area contributed by atoms with Crippen LogP contribution in [0.3, 0.4) is 0 Å². The normalized spacial score (nSPS) is 10.3. The van der Waals surface area contributed by atoms with E-state index in [-0.39, 0.29) is 0 Å². The molecule has 2 rings (SSSR count).